The number of carbonyl (C=O) groups is 3. The summed E-state index contributed by atoms with van der Waals surface area (Å²) >= 11 is 0. The second-order valence-corrected chi connectivity index (χ2v) is 8.45. The minimum Gasteiger partial charge on any atom is -0.465 e. The van der Waals surface area contributed by atoms with Crippen molar-refractivity contribution in [1.29, 1.82) is 0 Å². The van der Waals surface area contributed by atoms with Gasteiger partial charge in [-0.2, -0.15) is 8.42 Å². The number of aromatic nitrogens is 2. The number of nitrogens with one attached hydrogen (secondary N) is 1. The van der Waals surface area contributed by atoms with Crippen LogP contribution in [-0.2, 0) is 29.2 Å². The number of carbonyl (C=O) groups excluding carboxylic acids is 3. The maximum absolute atomic E-state index is 13.6. The Bertz CT molecular complexity index is 1220. The molecule has 0 aliphatic rings. The molecule has 2 amide bonds. The van der Waals surface area contributed by atoms with Crippen LogP contribution in [-0.4, -0.2) is 65.4 Å². The minimum atomic E-state index is -4.76. The number of hydrogen-bond acceptors (Lipinski definition) is 9. The van der Waals surface area contributed by atoms with Crippen LogP contribution in [0.2, 0.25) is 0 Å². The fourth-order valence-electron chi connectivity index (χ4n) is 2.93. The Morgan fingerprint density at radius 3 is 2.09 bits per heavy atom. The number of sulfonamides is 1. The Labute approximate surface area is 190 Å². The Morgan fingerprint density at radius 1 is 1.03 bits per heavy atom. The highest BCUT2D eigenvalue weighted by molar-refractivity contribution is 7.90. The zero-order chi connectivity index (χ0) is 24.9. The van der Waals surface area contributed by atoms with Crippen molar-refractivity contribution in [3.63, 3.8) is 0 Å². The third-order valence-electron chi connectivity index (χ3n) is 4.16. The summed E-state index contributed by atoms with van der Waals surface area (Å²) in [5.74, 6) is -3.40. The summed E-state index contributed by atoms with van der Waals surface area (Å²) in [6, 6.07) is 6.85. The normalized spacial score (nSPS) is 11.8. The number of aryl methyl sites for hydroxylation is 2. The second-order valence-electron chi connectivity index (χ2n) is 6.70. The Balaban J connectivity index is 2.83. The van der Waals surface area contributed by atoms with E-state index in [1.165, 1.54) is 18.2 Å². The van der Waals surface area contributed by atoms with E-state index < -0.39 is 38.7 Å². The SMILES string of the molecule is COC(=O)c1ccccc1S(=O)(=O)N(C(C)=O)C(Nc1nc(C)cc(C)n1)=[N+](OC)C(C)=O. The number of hydrogen-bond donors (Lipinski definition) is 1. The van der Waals surface area contributed by atoms with Crippen molar-refractivity contribution in [2.75, 3.05) is 19.5 Å². The van der Waals surface area contributed by atoms with Crippen LogP contribution >= 0.6 is 0 Å². The van der Waals surface area contributed by atoms with E-state index in [1.54, 1.807) is 19.9 Å². The van der Waals surface area contributed by atoms with E-state index in [9.17, 15) is 22.8 Å². The summed E-state index contributed by atoms with van der Waals surface area (Å²) in [6.07, 6.45) is 0. The van der Waals surface area contributed by atoms with Gasteiger partial charge in [-0.3, -0.25) is 9.59 Å². The van der Waals surface area contributed by atoms with Gasteiger partial charge >= 0.3 is 27.9 Å². The number of guanidine groups is 1. The van der Waals surface area contributed by atoms with Crippen LogP contribution in [0.1, 0.15) is 35.6 Å². The van der Waals surface area contributed by atoms with E-state index in [1.807, 2.05) is 0 Å². The number of rotatable bonds is 5. The first-order valence-corrected chi connectivity index (χ1v) is 10.9. The van der Waals surface area contributed by atoms with E-state index in [-0.39, 0.29) is 11.5 Å². The van der Waals surface area contributed by atoms with Crippen LogP contribution in [0.3, 0.4) is 0 Å². The lowest BCUT2D eigenvalue weighted by Gasteiger charge is -2.19. The summed E-state index contributed by atoms with van der Waals surface area (Å²) in [4.78, 5) is 49.9. The van der Waals surface area contributed by atoms with Crippen molar-refractivity contribution < 1.29 is 37.1 Å². The molecule has 0 radical (unpaired) electrons. The standard InChI is InChI=1S/C20H23N5O7S/c1-12-11-13(2)22-19(21-12)23-20(24(32-6)14(3)26)25(15(4)27)33(29,30)17-10-8-7-9-16(17)18(28)31-5/h7-11H,1-6H3/p+1. The molecule has 0 aliphatic carbocycles. The molecule has 13 heteroatoms. The zero-order valence-electron chi connectivity index (χ0n) is 18.9. The zero-order valence-corrected chi connectivity index (χ0v) is 19.8. The number of hydroxylamine groups is 1. The van der Waals surface area contributed by atoms with Crippen molar-refractivity contribution in [3.05, 3.63) is 47.3 Å². The van der Waals surface area contributed by atoms with Crippen LogP contribution in [0.5, 0.6) is 0 Å². The topological polar surface area (TPSA) is 148 Å². The molecule has 1 N–H and O–H groups in total. The molecule has 0 spiro atoms. The highest BCUT2D eigenvalue weighted by atomic mass is 32.2. The van der Waals surface area contributed by atoms with Gasteiger partial charge in [0.2, 0.25) is 0 Å². The molecule has 0 saturated carbocycles. The van der Waals surface area contributed by atoms with E-state index in [0.29, 0.717) is 20.4 Å². The molecule has 0 atom stereocenters. The lowest BCUT2D eigenvalue weighted by Crippen LogP contribution is -2.50. The summed E-state index contributed by atoms with van der Waals surface area (Å²) < 4.78 is 32.8. The number of esters is 1. The predicted molar refractivity (Wildman–Crippen MR) is 116 cm³/mol. The van der Waals surface area contributed by atoms with E-state index >= 15 is 0 Å². The molecule has 1 heterocycles. The van der Waals surface area contributed by atoms with Crippen molar-refractivity contribution in [3.8, 4) is 0 Å². The van der Waals surface area contributed by atoms with E-state index in [0.717, 1.165) is 34.1 Å². The van der Waals surface area contributed by atoms with Crippen molar-refractivity contribution in [2.45, 2.75) is 32.6 Å². The van der Waals surface area contributed by atoms with Crippen LogP contribution < -0.4 is 5.32 Å². The summed E-state index contributed by atoms with van der Waals surface area (Å²) in [5.41, 5.74) is 0.786. The smallest absolute Gasteiger partial charge is 0.423 e. The lowest BCUT2D eigenvalue weighted by atomic mass is 10.2. The first kappa shape index (κ1) is 25.4. The Kier molecular flexibility index (Phi) is 7.82. The van der Waals surface area contributed by atoms with Gasteiger partial charge in [-0.25, -0.2) is 20.1 Å². The van der Waals surface area contributed by atoms with Crippen LogP contribution in [0.15, 0.2) is 35.2 Å². The Hall–Kier alpha value is -3.87. The summed E-state index contributed by atoms with van der Waals surface area (Å²) in [6.45, 7) is 5.44. The van der Waals surface area contributed by atoms with Crippen molar-refractivity contribution in [1.82, 2.24) is 14.3 Å². The third kappa shape index (κ3) is 5.49. The Morgan fingerprint density at radius 2 is 1.61 bits per heavy atom. The number of ether oxygens (including phenoxy) is 1. The number of nitrogens with zero attached hydrogens (tertiary/aromatic N) is 4. The van der Waals surface area contributed by atoms with Gasteiger partial charge < -0.3 is 9.57 Å². The van der Waals surface area contributed by atoms with Gasteiger partial charge in [0.1, 0.15) is 12.0 Å². The van der Waals surface area contributed by atoms with Crippen molar-refractivity contribution >= 4 is 39.7 Å². The summed E-state index contributed by atoms with van der Waals surface area (Å²) in [5, 5.41) is 2.60. The maximum atomic E-state index is 13.6. The molecular formula is C20H24N5O7S+. The van der Waals surface area contributed by atoms with Gasteiger partial charge in [-0.15, -0.1) is 0 Å². The molecule has 0 aliphatic heterocycles. The number of benzene rings is 1. The van der Waals surface area contributed by atoms with Crippen molar-refractivity contribution in [2.24, 2.45) is 0 Å². The molecule has 0 saturated heterocycles. The highest BCUT2D eigenvalue weighted by Crippen LogP contribution is 2.22. The van der Waals surface area contributed by atoms with Gasteiger partial charge in [0.05, 0.1) is 12.7 Å². The fraction of sp³-hybridized carbons (Fsp3) is 0.300. The van der Waals surface area contributed by atoms with Gasteiger partial charge in [-0.1, -0.05) is 16.4 Å². The minimum absolute atomic E-state index is 0.0893. The van der Waals surface area contributed by atoms with Gasteiger partial charge in [0.15, 0.2) is 0 Å². The lowest BCUT2D eigenvalue weighted by molar-refractivity contribution is -0.713. The first-order valence-electron chi connectivity index (χ1n) is 9.48. The molecule has 12 nitrogen and oxygen atoms in total. The van der Waals surface area contributed by atoms with E-state index in [4.69, 9.17) is 4.84 Å². The van der Waals surface area contributed by atoms with Gasteiger partial charge in [0, 0.05) is 25.2 Å². The summed E-state index contributed by atoms with van der Waals surface area (Å²) in [7, 11) is -2.56. The first-order chi connectivity index (χ1) is 15.4. The predicted octanol–water partition coefficient (Wildman–Crippen LogP) is 1.01. The van der Waals surface area contributed by atoms with Crippen LogP contribution in [0.4, 0.5) is 5.95 Å². The molecule has 1 aromatic heterocycles. The average molecular weight is 479 g/mol. The second kappa shape index (κ2) is 10.2. The molecule has 2 aromatic rings. The molecule has 1 aromatic carbocycles. The molecule has 0 fully saturated rings. The largest absolute Gasteiger partial charge is 0.465 e. The molecule has 33 heavy (non-hydrogen) atoms. The molecule has 176 valence electrons. The maximum Gasteiger partial charge on any atom is 0.423 e. The molecule has 0 unspecified atom stereocenters. The molecule has 0 bridgehead atoms. The van der Waals surface area contributed by atoms with Crippen LogP contribution in [0, 0.1) is 13.8 Å². The number of amides is 2. The monoisotopic (exact) mass is 478 g/mol. The third-order valence-corrected chi connectivity index (χ3v) is 5.98. The number of methoxy groups -OCH3 is 1. The van der Waals surface area contributed by atoms with Gasteiger partial charge in [0.25, 0.3) is 11.9 Å². The van der Waals surface area contributed by atoms with Gasteiger partial charge in [-0.05, 0) is 36.8 Å². The fourth-order valence-corrected chi connectivity index (χ4v) is 4.49. The number of anilines is 1. The van der Waals surface area contributed by atoms with Crippen LogP contribution in [0.25, 0.3) is 0 Å². The quantitative estimate of drug-likeness (QED) is 0.217. The highest BCUT2D eigenvalue weighted by Gasteiger charge is 2.44. The molecular weight excluding hydrogens is 454 g/mol. The average Bonchev–Trinajstić information content (AvgIpc) is 2.72. The molecule has 2 rings (SSSR count). The van der Waals surface area contributed by atoms with E-state index in [2.05, 4.69) is 20.0 Å².